The standard InChI is InChI=1S/C22H20N4O2S/c1-15-25-17(14-29-15)13-28-26-22(27)19-7-3-5-9-21(19)24-12-16-10-11-23-20-8-4-2-6-18(16)20/h2-11,14,24H,12-13H2,1H3,(H,26,27). The molecule has 0 saturated heterocycles. The molecule has 2 heterocycles. The number of anilines is 1. The molecule has 7 heteroatoms. The highest BCUT2D eigenvalue weighted by Crippen LogP contribution is 2.20. The number of aryl methyl sites for hydroxylation is 1. The van der Waals surface area contributed by atoms with E-state index in [0.717, 1.165) is 32.9 Å². The zero-order chi connectivity index (χ0) is 20.1. The zero-order valence-corrected chi connectivity index (χ0v) is 16.7. The van der Waals surface area contributed by atoms with Gasteiger partial charge in [-0.05, 0) is 36.8 Å². The van der Waals surface area contributed by atoms with Crippen LogP contribution in [0.5, 0.6) is 0 Å². The van der Waals surface area contributed by atoms with Gasteiger partial charge < -0.3 is 5.32 Å². The minimum Gasteiger partial charge on any atom is -0.380 e. The molecule has 0 atom stereocenters. The van der Waals surface area contributed by atoms with Gasteiger partial charge in [-0.3, -0.25) is 14.6 Å². The second-order valence-corrected chi connectivity index (χ2v) is 7.53. The van der Waals surface area contributed by atoms with Crippen LogP contribution in [0.4, 0.5) is 5.69 Å². The van der Waals surface area contributed by atoms with Crippen LogP contribution in [0.15, 0.2) is 66.2 Å². The van der Waals surface area contributed by atoms with Crippen LogP contribution in [0.2, 0.25) is 0 Å². The summed E-state index contributed by atoms with van der Waals surface area (Å²) in [6.45, 7) is 2.74. The van der Waals surface area contributed by atoms with E-state index in [1.807, 2.05) is 60.8 Å². The van der Waals surface area contributed by atoms with Gasteiger partial charge in [-0.2, -0.15) is 0 Å². The molecule has 2 aromatic carbocycles. The summed E-state index contributed by atoms with van der Waals surface area (Å²) >= 11 is 1.55. The molecule has 0 bridgehead atoms. The van der Waals surface area contributed by atoms with Crippen molar-refractivity contribution in [2.24, 2.45) is 0 Å². The summed E-state index contributed by atoms with van der Waals surface area (Å²) in [5, 5.41) is 7.33. The Morgan fingerprint density at radius 3 is 2.79 bits per heavy atom. The van der Waals surface area contributed by atoms with E-state index >= 15 is 0 Å². The van der Waals surface area contributed by atoms with E-state index in [1.165, 1.54) is 0 Å². The summed E-state index contributed by atoms with van der Waals surface area (Å²) < 4.78 is 0. The Morgan fingerprint density at radius 2 is 1.93 bits per heavy atom. The average Bonchev–Trinajstić information content (AvgIpc) is 3.17. The number of hydrogen-bond acceptors (Lipinski definition) is 6. The van der Waals surface area contributed by atoms with E-state index in [2.05, 4.69) is 20.8 Å². The Morgan fingerprint density at radius 1 is 1.10 bits per heavy atom. The number of hydrogen-bond donors (Lipinski definition) is 2. The third-order valence-electron chi connectivity index (χ3n) is 4.43. The number of aromatic nitrogens is 2. The fraction of sp³-hybridized carbons (Fsp3) is 0.136. The van der Waals surface area contributed by atoms with Gasteiger partial charge in [-0.25, -0.2) is 10.5 Å². The van der Waals surface area contributed by atoms with Gasteiger partial charge in [0.25, 0.3) is 5.91 Å². The predicted octanol–water partition coefficient (Wildman–Crippen LogP) is 4.47. The first-order valence-electron chi connectivity index (χ1n) is 9.19. The van der Waals surface area contributed by atoms with Crippen molar-refractivity contribution in [3.63, 3.8) is 0 Å². The predicted molar refractivity (Wildman–Crippen MR) is 115 cm³/mol. The molecule has 0 aliphatic carbocycles. The van der Waals surface area contributed by atoms with Crippen LogP contribution in [0.1, 0.15) is 26.6 Å². The molecule has 2 N–H and O–H groups in total. The Hall–Kier alpha value is -3.29. The number of hydroxylamine groups is 1. The van der Waals surface area contributed by atoms with Crippen molar-refractivity contribution in [1.29, 1.82) is 0 Å². The molecule has 146 valence electrons. The van der Waals surface area contributed by atoms with Crippen LogP contribution in [0, 0.1) is 6.92 Å². The van der Waals surface area contributed by atoms with Crippen molar-refractivity contribution in [2.45, 2.75) is 20.1 Å². The maximum atomic E-state index is 12.6. The molecule has 0 aliphatic rings. The first kappa shape index (κ1) is 19.0. The number of thiazole rings is 1. The van der Waals surface area contributed by atoms with Crippen LogP contribution >= 0.6 is 11.3 Å². The smallest absolute Gasteiger partial charge is 0.276 e. The third kappa shape index (κ3) is 4.59. The number of pyridine rings is 1. The van der Waals surface area contributed by atoms with E-state index in [1.54, 1.807) is 23.6 Å². The van der Waals surface area contributed by atoms with E-state index in [0.29, 0.717) is 12.1 Å². The summed E-state index contributed by atoms with van der Waals surface area (Å²) in [6, 6.07) is 17.3. The quantitative estimate of drug-likeness (QED) is 0.444. The van der Waals surface area contributed by atoms with Crippen molar-refractivity contribution in [1.82, 2.24) is 15.4 Å². The molecular weight excluding hydrogens is 384 g/mol. The molecule has 0 aliphatic heterocycles. The molecule has 6 nitrogen and oxygen atoms in total. The number of nitrogens with zero attached hydrogens (tertiary/aromatic N) is 2. The number of carbonyl (C=O) groups excluding carboxylic acids is 1. The summed E-state index contributed by atoms with van der Waals surface area (Å²) in [5.41, 5.74) is 6.60. The van der Waals surface area contributed by atoms with Gasteiger partial charge >= 0.3 is 0 Å². The number of carbonyl (C=O) groups is 1. The van der Waals surface area contributed by atoms with Crippen molar-refractivity contribution in [3.8, 4) is 0 Å². The number of rotatable bonds is 7. The maximum absolute atomic E-state index is 12.6. The van der Waals surface area contributed by atoms with E-state index in [4.69, 9.17) is 4.84 Å². The SMILES string of the molecule is Cc1nc(CONC(=O)c2ccccc2NCc2ccnc3ccccc23)cs1. The Labute approximate surface area is 172 Å². The molecule has 0 spiro atoms. The number of fused-ring (bicyclic) bond motifs is 1. The molecule has 1 amide bonds. The molecular formula is C22H20N4O2S. The summed E-state index contributed by atoms with van der Waals surface area (Å²) in [5.74, 6) is -0.306. The fourth-order valence-electron chi connectivity index (χ4n) is 3.04. The number of nitrogens with one attached hydrogen (secondary N) is 2. The minimum absolute atomic E-state index is 0.231. The summed E-state index contributed by atoms with van der Waals surface area (Å²) in [7, 11) is 0. The van der Waals surface area contributed by atoms with Crippen LogP contribution in [0.25, 0.3) is 10.9 Å². The van der Waals surface area contributed by atoms with Gasteiger partial charge in [0.2, 0.25) is 0 Å². The van der Waals surface area contributed by atoms with E-state index in [-0.39, 0.29) is 12.5 Å². The highest BCUT2D eigenvalue weighted by atomic mass is 32.1. The fourth-order valence-corrected chi connectivity index (χ4v) is 3.64. The van der Waals surface area contributed by atoms with E-state index < -0.39 is 0 Å². The topological polar surface area (TPSA) is 76.1 Å². The largest absolute Gasteiger partial charge is 0.380 e. The molecule has 29 heavy (non-hydrogen) atoms. The lowest BCUT2D eigenvalue weighted by atomic mass is 10.1. The Balaban J connectivity index is 1.43. The molecule has 4 rings (SSSR count). The van der Waals surface area contributed by atoms with Gasteiger partial charge in [0.1, 0.15) is 6.61 Å². The summed E-state index contributed by atoms with van der Waals surface area (Å²) in [6.07, 6.45) is 1.80. The second-order valence-electron chi connectivity index (χ2n) is 6.46. The molecule has 0 unspecified atom stereocenters. The van der Waals surface area contributed by atoms with Gasteiger partial charge in [-0.1, -0.05) is 30.3 Å². The monoisotopic (exact) mass is 404 g/mol. The van der Waals surface area contributed by atoms with Crippen molar-refractivity contribution in [2.75, 3.05) is 5.32 Å². The van der Waals surface area contributed by atoms with E-state index in [9.17, 15) is 4.79 Å². The Bertz CT molecular complexity index is 1140. The number of amides is 1. The maximum Gasteiger partial charge on any atom is 0.276 e. The first-order valence-corrected chi connectivity index (χ1v) is 10.1. The molecule has 2 aromatic heterocycles. The highest BCUT2D eigenvalue weighted by molar-refractivity contribution is 7.09. The van der Waals surface area contributed by atoms with Gasteiger partial charge in [0, 0.05) is 29.2 Å². The molecule has 0 radical (unpaired) electrons. The van der Waals surface area contributed by atoms with Crippen molar-refractivity contribution in [3.05, 3.63) is 88.0 Å². The normalized spacial score (nSPS) is 10.8. The average molecular weight is 404 g/mol. The minimum atomic E-state index is -0.306. The summed E-state index contributed by atoms with van der Waals surface area (Å²) in [4.78, 5) is 26.6. The number of benzene rings is 2. The lowest BCUT2D eigenvalue weighted by Gasteiger charge is -2.13. The molecule has 0 saturated carbocycles. The van der Waals surface area contributed by atoms with Crippen molar-refractivity contribution < 1.29 is 9.63 Å². The lowest BCUT2D eigenvalue weighted by molar-refractivity contribution is 0.0224. The molecule has 0 fully saturated rings. The van der Waals surface area contributed by atoms with Crippen LogP contribution < -0.4 is 10.8 Å². The highest BCUT2D eigenvalue weighted by Gasteiger charge is 2.12. The Kier molecular flexibility index (Phi) is 5.79. The van der Waals surface area contributed by atoms with Gasteiger partial charge in [0.15, 0.2) is 0 Å². The molecule has 4 aromatic rings. The third-order valence-corrected chi connectivity index (χ3v) is 5.25. The first-order chi connectivity index (χ1) is 14.2. The van der Waals surface area contributed by atoms with Crippen LogP contribution in [-0.2, 0) is 18.0 Å². The van der Waals surface area contributed by atoms with Crippen LogP contribution in [-0.4, -0.2) is 15.9 Å². The van der Waals surface area contributed by atoms with Gasteiger partial charge in [-0.15, -0.1) is 11.3 Å². The lowest BCUT2D eigenvalue weighted by Crippen LogP contribution is -2.24. The van der Waals surface area contributed by atoms with Crippen LogP contribution in [0.3, 0.4) is 0 Å². The van der Waals surface area contributed by atoms with Gasteiger partial charge in [0.05, 0.1) is 21.8 Å². The number of para-hydroxylation sites is 2. The van der Waals surface area contributed by atoms with Crippen molar-refractivity contribution >= 4 is 33.8 Å². The second kappa shape index (κ2) is 8.81. The zero-order valence-electron chi connectivity index (χ0n) is 15.9.